The fourth-order valence-corrected chi connectivity index (χ4v) is 4.10. The van der Waals surface area contributed by atoms with Crippen molar-refractivity contribution in [1.82, 2.24) is 24.8 Å². The summed E-state index contributed by atoms with van der Waals surface area (Å²) >= 11 is 0. The third-order valence-corrected chi connectivity index (χ3v) is 5.43. The maximum atomic E-state index is 4.97. The minimum atomic E-state index is 0.549. The Morgan fingerprint density at radius 3 is 3.04 bits per heavy atom. The molecule has 0 saturated carbocycles. The van der Waals surface area contributed by atoms with Crippen LogP contribution >= 0.6 is 0 Å². The molecule has 0 radical (unpaired) electrons. The van der Waals surface area contributed by atoms with E-state index in [-0.39, 0.29) is 0 Å². The number of pyridine rings is 1. The first-order valence-corrected chi connectivity index (χ1v) is 9.12. The van der Waals surface area contributed by atoms with Gasteiger partial charge in [0.15, 0.2) is 5.65 Å². The molecule has 4 heterocycles. The van der Waals surface area contributed by atoms with Crippen molar-refractivity contribution in [2.45, 2.75) is 51.1 Å². The van der Waals surface area contributed by atoms with Gasteiger partial charge < -0.3 is 14.8 Å². The second-order valence-corrected chi connectivity index (χ2v) is 6.95. The van der Waals surface area contributed by atoms with Crippen LogP contribution in [-0.2, 0) is 6.54 Å². The number of nitrogens with one attached hydrogen (secondary N) is 1. The third-order valence-electron chi connectivity index (χ3n) is 5.43. The summed E-state index contributed by atoms with van der Waals surface area (Å²) in [6.45, 7) is 7.87. The summed E-state index contributed by atoms with van der Waals surface area (Å²) in [6, 6.07) is 4.66. The van der Waals surface area contributed by atoms with Crippen LogP contribution in [0.3, 0.4) is 0 Å². The van der Waals surface area contributed by atoms with Crippen molar-refractivity contribution in [2.75, 3.05) is 26.2 Å². The van der Waals surface area contributed by atoms with Gasteiger partial charge in [0.2, 0.25) is 0 Å². The lowest BCUT2D eigenvalue weighted by atomic mass is 10.0. The smallest absolute Gasteiger partial charge is 0.160 e. The first-order chi connectivity index (χ1) is 11.3. The largest absolute Gasteiger partial charge is 0.312 e. The number of likely N-dealkylation sites (tertiary alicyclic amines) is 1. The van der Waals surface area contributed by atoms with Crippen molar-refractivity contribution < 1.29 is 0 Å². The minimum Gasteiger partial charge on any atom is -0.312 e. The number of hydrogen-bond acceptors (Lipinski definition) is 4. The molecule has 0 bridgehead atoms. The van der Waals surface area contributed by atoms with E-state index in [4.69, 9.17) is 4.98 Å². The lowest BCUT2D eigenvalue weighted by Gasteiger charge is -2.25. The van der Waals surface area contributed by atoms with Crippen molar-refractivity contribution in [1.29, 1.82) is 0 Å². The zero-order valence-electron chi connectivity index (χ0n) is 14.0. The quantitative estimate of drug-likeness (QED) is 0.941. The Labute approximate surface area is 138 Å². The lowest BCUT2D eigenvalue weighted by molar-refractivity contribution is 0.344. The van der Waals surface area contributed by atoms with Crippen molar-refractivity contribution in [3.05, 3.63) is 24.2 Å². The molecule has 2 atom stereocenters. The van der Waals surface area contributed by atoms with E-state index in [0.29, 0.717) is 12.0 Å². The predicted molar refractivity (Wildman–Crippen MR) is 92.6 cm³/mol. The van der Waals surface area contributed by atoms with Crippen LogP contribution in [0.25, 0.3) is 11.2 Å². The van der Waals surface area contributed by atoms with Gasteiger partial charge in [-0.2, -0.15) is 0 Å². The minimum absolute atomic E-state index is 0.549. The van der Waals surface area contributed by atoms with Crippen LogP contribution < -0.4 is 5.32 Å². The van der Waals surface area contributed by atoms with Crippen LogP contribution in [-0.4, -0.2) is 51.7 Å². The van der Waals surface area contributed by atoms with E-state index < -0.39 is 0 Å². The predicted octanol–water partition coefficient (Wildman–Crippen LogP) is 2.38. The van der Waals surface area contributed by atoms with Crippen LogP contribution in [0.2, 0.25) is 0 Å². The molecule has 0 aromatic carbocycles. The molecule has 2 aromatic rings. The van der Waals surface area contributed by atoms with Crippen LogP contribution in [0.15, 0.2) is 18.3 Å². The molecular formula is C18H27N5. The molecule has 23 heavy (non-hydrogen) atoms. The van der Waals surface area contributed by atoms with Crippen molar-refractivity contribution in [3.8, 4) is 0 Å². The topological polar surface area (TPSA) is 46.0 Å². The van der Waals surface area contributed by atoms with E-state index in [1.54, 1.807) is 0 Å². The van der Waals surface area contributed by atoms with E-state index in [0.717, 1.165) is 37.3 Å². The number of likely N-dealkylation sites (N-methyl/N-ethyl adjacent to an activating group) is 1. The van der Waals surface area contributed by atoms with E-state index in [9.17, 15) is 0 Å². The summed E-state index contributed by atoms with van der Waals surface area (Å²) < 4.78 is 2.40. The van der Waals surface area contributed by atoms with Gasteiger partial charge in [-0.3, -0.25) is 0 Å². The van der Waals surface area contributed by atoms with Crippen LogP contribution in [0.4, 0.5) is 0 Å². The lowest BCUT2D eigenvalue weighted by Crippen LogP contribution is -2.37. The van der Waals surface area contributed by atoms with Gasteiger partial charge in [0.05, 0.1) is 0 Å². The van der Waals surface area contributed by atoms with Crippen LogP contribution in [0, 0.1) is 0 Å². The Bertz CT molecular complexity index is 658. The number of nitrogens with zero attached hydrogens (tertiary/aromatic N) is 4. The highest BCUT2D eigenvalue weighted by Gasteiger charge is 2.28. The summed E-state index contributed by atoms with van der Waals surface area (Å²) in [7, 11) is 0. The Balaban J connectivity index is 1.66. The molecule has 2 aliphatic rings. The van der Waals surface area contributed by atoms with Crippen LogP contribution in [0.5, 0.6) is 0 Å². The van der Waals surface area contributed by atoms with E-state index in [2.05, 4.69) is 32.8 Å². The van der Waals surface area contributed by atoms with Gasteiger partial charge in [0, 0.05) is 31.2 Å². The fraction of sp³-hybridized carbons (Fsp3) is 0.667. The highest BCUT2D eigenvalue weighted by atomic mass is 15.2. The van der Waals surface area contributed by atoms with Gasteiger partial charge in [-0.1, -0.05) is 13.3 Å². The molecule has 0 amide bonds. The van der Waals surface area contributed by atoms with Crippen molar-refractivity contribution in [2.24, 2.45) is 0 Å². The van der Waals surface area contributed by atoms with Crippen molar-refractivity contribution in [3.63, 3.8) is 0 Å². The number of piperidine rings is 1. The second-order valence-electron chi connectivity index (χ2n) is 6.95. The van der Waals surface area contributed by atoms with Gasteiger partial charge in [-0.15, -0.1) is 0 Å². The maximum Gasteiger partial charge on any atom is 0.160 e. The number of imidazole rings is 1. The highest BCUT2D eigenvalue weighted by molar-refractivity contribution is 5.71. The Morgan fingerprint density at radius 1 is 1.30 bits per heavy atom. The monoisotopic (exact) mass is 313 g/mol. The number of aromatic nitrogens is 3. The van der Waals surface area contributed by atoms with E-state index in [1.165, 1.54) is 38.1 Å². The number of fused-ring (bicyclic) bond motifs is 1. The molecule has 1 N–H and O–H groups in total. The molecule has 5 nitrogen and oxygen atoms in total. The molecular weight excluding hydrogens is 286 g/mol. The number of rotatable bonds is 4. The molecule has 2 aromatic heterocycles. The number of hydrogen-bond donors (Lipinski definition) is 1. The molecule has 2 fully saturated rings. The van der Waals surface area contributed by atoms with Gasteiger partial charge >= 0.3 is 0 Å². The molecule has 0 spiro atoms. The summed E-state index contributed by atoms with van der Waals surface area (Å²) in [5.41, 5.74) is 2.11. The second kappa shape index (κ2) is 6.57. The molecule has 2 unspecified atom stereocenters. The maximum absolute atomic E-state index is 4.97. The summed E-state index contributed by atoms with van der Waals surface area (Å²) in [6.07, 6.45) is 7.01. The molecule has 5 heteroatoms. The van der Waals surface area contributed by atoms with Gasteiger partial charge in [-0.05, 0) is 51.0 Å². The molecule has 0 aliphatic carbocycles. The SMILES string of the molecule is CCN1CCC(c2nc3cccnc3n2CC2CCCCN2)C1. The standard InChI is InChI=1S/C18H27N5/c1-2-22-11-8-14(12-22)17-21-16-7-5-10-20-18(16)23(17)13-15-6-3-4-9-19-15/h5,7,10,14-15,19H,2-4,6,8-9,11-13H2,1H3. The molecule has 124 valence electrons. The van der Waals surface area contributed by atoms with Gasteiger partial charge in [0.1, 0.15) is 11.3 Å². The van der Waals surface area contributed by atoms with E-state index >= 15 is 0 Å². The molecule has 2 aliphatic heterocycles. The van der Waals surface area contributed by atoms with E-state index in [1.807, 2.05) is 12.3 Å². The average molecular weight is 313 g/mol. The summed E-state index contributed by atoms with van der Waals surface area (Å²) in [5.74, 6) is 1.80. The van der Waals surface area contributed by atoms with Crippen LogP contribution in [0.1, 0.15) is 44.3 Å². The fourth-order valence-electron chi connectivity index (χ4n) is 4.10. The zero-order chi connectivity index (χ0) is 15.6. The first kappa shape index (κ1) is 15.1. The molecule has 2 saturated heterocycles. The zero-order valence-corrected chi connectivity index (χ0v) is 14.0. The summed E-state index contributed by atoms with van der Waals surface area (Å²) in [5, 5.41) is 3.67. The molecule has 4 rings (SSSR count). The van der Waals surface area contributed by atoms with Gasteiger partial charge in [0.25, 0.3) is 0 Å². The first-order valence-electron chi connectivity index (χ1n) is 9.12. The van der Waals surface area contributed by atoms with Gasteiger partial charge in [-0.25, -0.2) is 9.97 Å². The Morgan fingerprint density at radius 2 is 2.26 bits per heavy atom. The highest BCUT2D eigenvalue weighted by Crippen LogP contribution is 2.29. The average Bonchev–Trinajstić information content (AvgIpc) is 3.21. The normalized spacial score (nSPS) is 26.1. The Hall–Kier alpha value is -1.46. The Kier molecular flexibility index (Phi) is 4.31. The third kappa shape index (κ3) is 3.00. The summed E-state index contributed by atoms with van der Waals surface area (Å²) in [4.78, 5) is 12.1. The van der Waals surface area contributed by atoms with Crippen molar-refractivity contribution >= 4 is 11.2 Å².